The topological polar surface area (TPSA) is 18.6 Å². The summed E-state index contributed by atoms with van der Waals surface area (Å²) in [5.41, 5.74) is 11.8. The van der Waals surface area contributed by atoms with E-state index in [2.05, 4.69) is 163 Å². The van der Waals surface area contributed by atoms with Gasteiger partial charge >= 0.3 is 0 Å². The molecule has 0 aliphatic heterocycles. The Labute approximate surface area is 293 Å². The van der Waals surface area contributed by atoms with Crippen LogP contribution in [0.1, 0.15) is 52.7 Å². The van der Waals surface area contributed by atoms with Gasteiger partial charge in [0.2, 0.25) is 0 Å². The van der Waals surface area contributed by atoms with Gasteiger partial charge in [0.1, 0.15) is 0 Å². The van der Waals surface area contributed by atoms with Crippen LogP contribution in [0.5, 0.6) is 0 Å². The van der Waals surface area contributed by atoms with E-state index in [1.165, 1.54) is 21.9 Å². The van der Waals surface area contributed by atoms with Crippen molar-refractivity contribution in [1.82, 2.24) is 9.13 Å². The molecule has 4 heteroatoms. The predicted molar refractivity (Wildman–Crippen MR) is 210 cm³/mol. The molecule has 242 valence electrons. The summed E-state index contributed by atoms with van der Waals surface area (Å²) in [6.45, 7) is 29.2. The molecular weight excluding hydrogens is 609 g/mol. The van der Waals surface area contributed by atoms with Gasteiger partial charge in [-0.25, -0.2) is 0 Å². The van der Waals surface area contributed by atoms with Crippen LogP contribution in [0.25, 0.3) is 75.8 Å². The highest BCUT2D eigenvalue weighted by Crippen LogP contribution is 2.44. The average Bonchev–Trinajstić information content (AvgIpc) is 3.62. The molecule has 0 bridgehead atoms. The SMILES string of the molecule is [C-]#[N+]c1ccc(-c2cc3c4ccccc4n(-c4ccccc4)c3cc2-n2c3ccc(C(C)(C)C)cc3c3cc(C(C)(C)C)ccc32)cc1[N+]#[C-]. The molecule has 50 heavy (non-hydrogen) atoms. The number of rotatable bonds is 3. The second-order valence-corrected chi connectivity index (χ2v) is 15.3. The Balaban J connectivity index is 1.57. The molecule has 8 aromatic rings. The van der Waals surface area contributed by atoms with E-state index in [-0.39, 0.29) is 10.8 Å². The maximum Gasteiger partial charge on any atom is 0.195 e. The summed E-state index contributed by atoms with van der Waals surface area (Å²) in [6, 6.07) is 43.2. The molecule has 0 spiro atoms. The molecule has 0 atom stereocenters. The Hall–Kier alpha value is -6.10. The van der Waals surface area contributed by atoms with Gasteiger partial charge in [0.15, 0.2) is 11.4 Å². The first kappa shape index (κ1) is 31.2. The highest BCUT2D eigenvalue weighted by molar-refractivity contribution is 6.14. The highest BCUT2D eigenvalue weighted by atomic mass is 15.0. The van der Waals surface area contributed by atoms with E-state index in [4.69, 9.17) is 13.1 Å². The Kier molecular flexibility index (Phi) is 7.00. The van der Waals surface area contributed by atoms with Crippen LogP contribution < -0.4 is 0 Å². The molecule has 0 N–H and O–H groups in total. The third-order valence-electron chi connectivity index (χ3n) is 10.1. The second-order valence-electron chi connectivity index (χ2n) is 15.3. The third kappa shape index (κ3) is 4.88. The largest absolute Gasteiger partial charge is 0.309 e. The summed E-state index contributed by atoms with van der Waals surface area (Å²) in [6.07, 6.45) is 0. The number of hydrogen-bond acceptors (Lipinski definition) is 0. The van der Waals surface area contributed by atoms with E-state index >= 15 is 0 Å². The minimum Gasteiger partial charge on any atom is -0.309 e. The first-order valence-electron chi connectivity index (χ1n) is 17.1. The van der Waals surface area contributed by atoms with Crippen LogP contribution in [-0.2, 0) is 10.8 Å². The van der Waals surface area contributed by atoms with Crippen LogP contribution in [0.2, 0.25) is 0 Å². The molecule has 0 aliphatic carbocycles. The van der Waals surface area contributed by atoms with Crippen molar-refractivity contribution in [2.45, 2.75) is 52.4 Å². The van der Waals surface area contributed by atoms with Crippen molar-refractivity contribution in [1.29, 1.82) is 0 Å². The molecule has 0 unspecified atom stereocenters. The van der Waals surface area contributed by atoms with Crippen LogP contribution in [0.4, 0.5) is 11.4 Å². The number of aromatic nitrogens is 2. The summed E-state index contributed by atoms with van der Waals surface area (Å²) < 4.78 is 4.76. The molecule has 6 aromatic carbocycles. The lowest BCUT2D eigenvalue weighted by molar-refractivity contribution is 0.590. The van der Waals surface area contributed by atoms with Crippen molar-refractivity contribution in [3.63, 3.8) is 0 Å². The molecule has 2 heterocycles. The second kappa shape index (κ2) is 11.2. The lowest BCUT2D eigenvalue weighted by Gasteiger charge is -2.20. The molecule has 0 fully saturated rings. The average molecular weight is 647 g/mol. The maximum atomic E-state index is 7.91. The molecular formula is C46H38N4. The monoisotopic (exact) mass is 646 g/mol. The molecule has 0 saturated carbocycles. The fourth-order valence-electron chi connectivity index (χ4n) is 7.37. The van der Waals surface area contributed by atoms with Crippen LogP contribution in [0.3, 0.4) is 0 Å². The third-order valence-corrected chi connectivity index (χ3v) is 10.1. The molecule has 0 radical (unpaired) electrons. The summed E-state index contributed by atoms with van der Waals surface area (Å²) in [7, 11) is 0. The summed E-state index contributed by atoms with van der Waals surface area (Å²) in [4.78, 5) is 7.41. The molecule has 2 aromatic heterocycles. The molecule has 8 rings (SSSR count). The lowest BCUT2D eigenvalue weighted by atomic mass is 9.85. The Morgan fingerprint density at radius 3 is 1.62 bits per heavy atom. The van der Waals surface area contributed by atoms with E-state index in [9.17, 15) is 0 Å². The molecule has 0 aliphatic rings. The zero-order chi connectivity index (χ0) is 34.9. The summed E-state index contributed by atoms with van der Waals surface area (Å²) in [5, 5.41) is 4.73. The van der Waals surface area contributed by atoms with Gasteiger partial charge in [0.05, 0.1) is 40.9 Å². The van der Waals surface area contributed by atoms with Crippen molar-refractivity contribution in [3.8, 4) is 22.5 Å². The maximum absolute atomic E-state index is 7.91. The van der Waals surface area contributed by atoms with Crippen LogP contribution in [-0.4, -0.2) is 9.13 Å². The first-order chi connectivity index (χ1) is 24.0. The molecule has 0 saturated heterocycles. The van der Waals surface area contributed by atoms with Gasteiger partial charge < -0.3 is 9.13 Å². The predicted octanol–water partition coefficient (Wildman–Crippen LogP) is 13.2. The van der Waals surface area contributed by atoms with Gasteiger partial charge in [-0.3, -0.25) is 9.69 Å². The normalized spacial score (nSPS) is 12.2. The minimum atomic E-state index is -0.00818. The van der Waals surface area contributed by atoms with Crippen molar-refractivity contribution in [3.05, 3.63) is 155 Å². The van der Waals surface area contributed by atoms with Crippen LogP contribution in [0, 0.1) is 13.1 Å². The van der Waals surface area contributed by atoms with E-state index in [0.717, 1.165) is 55.3 Å². The standard InChI is InChI=1S/C46H38N4/c1-45(2,3)30-19-22-41-35(25-30)36-26-31(46(4,5)6)20-23-42(36)50(41)43-28-44-37(27-34(43)29-18-21-38(47-7)39(24-29)48-8)33-16-12-13-17-40(33)49(44)32-14-10-9-11-15-32/h9-28H,1-6H3. The number of para-hydroxylation sites is 2. The molecule has 0 amide bonds. The van der Waals surface area contributed by atoms with E-state index < -0.39 is 0 Å². The highest BCUT2D eigenvalue weighted by Gasteiger charge is 2.24. The molecule has 4 nitrogen and oxygen atoms in total. The number of nitrogens with zero attached hydrogens (tertiary/aromatic N) is 4. The van der Waals surface area contributed by atoms with Gasteiger partial charge in [-0.2, -0.15) is 0 Å². The number of fused-ring (bicyclic) bond motifs is 6. The van der Waals surface area contributed by atoms with E-state index in [1.54, 1.807) is 6.07 Å². The summed E-state index contributed by atoms with van der Waals surface area (Å²) >= 11 is 0. The number of hydrogen-bond donors (Lipinski definition) is 0. The fraction of sp³-hybridized carbons (Fsp3) is 0.174. The van der Waals surface area contributed by atoms with Gasteiger partial charge in [-0.05, 0) is 82.1 Å². The Morgan fingerprint density at radius 1 is 0.460 bits per heavy atom. The minimum absolute atomic E-state index is 0.00818. The van der Waals surface area contributed by atoms with Crippen molar-refractivity contribution in [2.75, 3.05) is 0 Å². The summed E-state index contributed by atoms with van der Waals surface area (Å²) in [5.74, 6) is 0. The van der Waals surface area contributed by atoms with E-state index in [1.807, 2.05) is 12.1 Å². The van der Waals surface area contributed by atoms with Gasteiger partial charge in [-0.15, -0.1) is 0 Å². The van der Waals surface area contributed by atoms with Crippen molar-refractivity contribution in [2.24, 2.45) is 0 Å². The Morgan fingerprint density at radius 2 is 1.02 bits per heavy atom. The smallest absolute Gasteiger partial charge is 0.195 e. The van der Waals surface area contributed by atoms with Gasteiger partial charge in [0.25, 0.3) is 0 Å². The zero-order valence-electron chi connectivity index (χ0n) is 29.3. The van der Waals surface area contributed by atoms with E-state index in [0.29, 0.717) is 11.4 Å². The number of benzene rings is 6. The van der Waals surface area contributed by atoms with Crippen LogP contribution >= 0.6 is 0 Å². The zero-order valence-corrected chi connectivity index (χ0v) is 29.3. The Bertz CT molecular complexity index is 2660. The van der Waals surface area contributed by atoms with Crippen molar-refractivity contribution < 1.29 is 0 Å². The lowest BCUT2D eigenvalue weighted by Crippen LogP contribution is -2.10. The van der Waals surface area contributed by atoms with Crippen LogP contribution in [0.15, 0.2) is 121 Å². The first-order valence-corrected chi connectivity index (χ1v) is 17.1. The van der Waals surface area contributed by atoms with Gasteiger partial charge in [-0.1, -0.05) is 108 Å². The van der Waals surface area contributed by atoms with Crippen molar-refractivity contribution >= 4 is 55.0 Å². The fourth-order valence-corrected chi connectivity index (χ4v) is 7.37. The van der Waals surface area contributed by atoms with Gasteiger partial charge in [0, 0.05) is 32.8 Å². The quantitative estimate of drug-likeness (QED) is 0.170.